The Labute approximate surface area is 111 Å². The first-order valence-electron chi connectivity index (χ1n) is 7.47. The molecule has 2 N–H and O–H groups in total. The van der Waals surface area contributed by atoms with Crippen LogP contribution in [0.25, 0.3) is 0 Å². The molecule has 1 heterocycles. The van der Waals surface area contributed by atoms with Gasteiger partial charge in [-0.2, -0.15) is 0 Å². The largest absolute Gasteiger partial charge is 0.394 e. The minimum Gasteiger partial charge on any atom is -0.394 e. The molecule has 18 heavy (non-hydrogen) atoms. The summed E-state index contributed by atoms with van der Waals surface area (Å²) in [7, 11) is 0. The number of nitrogens with one attached hydrogen (secondary N) is 1. The zero-order valence-corrected chi connectivity index (χ0v) is 11.7. The molecule has 0 bridgehead atoms. The van der Waals surface area contributed by atoms with Gasteiger partial charge in [-0.3, -0.25) is 4.90 Å². The smallest absolute Gasteiger partial charge is 0.0613 e. The summed E-state index contributed by atoms with van der Waals surface area (Å²) in [5.74, 6) is 0. The Morgan fingerprint density at radius 1 is 1.33 bits per heavy atom. The molecule has 0 amide bonds. The van der Waals surface area contributed by atoms with Crippen LogP contribution in [-0.2, 0) is 4.74 Å². The zero-order chi connectivity index (χ0) is 12.8. The normalized spacial score (nSPS) is 35.3. The van der Waals surface area contributed by atoms with E-state index in [1.54, 1.807) is 0 Å². The minimum atomic E-state index is -0.0369. The van der Waals surface area contributed by atoms with Crippen molar-refractivity contribution in [3.63, 3.8) is 0 Å². The van der Waals surface area contributed by atoms with E-state index in [9.17, 15) is 5.11 Å². The first kappa shape index (κ1) is 14.3. The molecular weight excluding hydrogens is 228 g/mol. The van der Waals surface area contributed by atoms with Crippen LogP contribution in [0.1, 0.15) is 39.0 Å². The minimum absolute atomic E-state index is 0.0369. The quantitative estimate of drug-likeness (QED) is 0.787. The third-order valence-corrected chi connectivity index (χ3v) is 4.45. The Morgan fingerprint density at radius 3 is 3.00 bits per heavy atom. The number of nitrogens with zero attached hydrogens (tertiary/aromatic N) is 1. The molecule has 0 spiro atoms. The first-order valence-corrected chi connectivity index (χ1v) is 7.47. The molecule has 2 rings (SSSR count). The van der Waals surface area contributed by atoms with Crippen molar-refractivity contribution in [3.05, 3.63) is 0 Å². The van der Waals surface area contributed by atoms with Crippen LogP contribution in [0.3, 0.4) is 0 Å². The summed E-state index contributed by atoms with van der Waals surface area (Å²) in [5, 5.41) is 13.3. The van der Waals surface area contributed by atoms with E-state index in [0.29, 0.717) is 6.04 Å². The monoisotopic (exact) mass is 256 g/mol. The molecule has 1 saturated carbocycles. The maximum atomic E-state index is 9.74. The van der Waals surface area contributed by atoms with Gasteiger partial charge in [-0.1, -0.05) is 6.92 Å². The number of ether oxygens (including phenoxy) is 1. The summed E-state index contributed by atoms with van der Waals surface area (Å²) < 4.78 is 5.53. The van der Waals surface area contributed by atoms with Gasteiger partial charge >= 0.3 is 0 Å². The Morgan fingerprint density at radius 2 is 2.22 bits per heavy atom. The van der Waals surface area contributed by atoms with E-state index in [0.717, 1.165) is 52.1 Å². The molecule has 0 aromatic rings. The highest BCUT2D eigenvalue weighted by atomic mass is 16.5. The van der Waals surface area contributed by atoms with Crippen molar-refractivity contribution in [2.24, 2.45) is 0 Å². The molecule has 2 fully saturated rings. The van der Waals surface area contributed by atoms with E-state index in [4.69, 9.17) is 4.74 Å². The van der Waals surface area contributed by atoms with Gasteiger partial charge in [-0.15, -0.1) is 0 Å². The van der Waals surface area contributed by atoms with Gasteiger partial charge in [0.1, 0.15) is 0 Å². The molecule has 0 radical (unpaired) electrons. The molecular formula is C14H28N2O2. The van der Waals surface area contributed by atoms with Crippen molar-refractivity contribution >= 4 is 0 Å². The van der Waals surface area contributed by atoms with Crippen LogP contribution in [0.2, 0.25) is 0 Å². The lowest BCUT2D eigenvalue weighted by Gasteiger charge is -2.44. The fraction of sp³-hybridized carbons (Fsp3) is 1.00. The van der Waals surface area contributed by atoms with E-state index in [1.165, 1.54) is 12.8 Å². The fourth-order valence-corrected chi connectivity index (χ4v) is 3.51. The van der Waals surface area contributed by atoms with Gasteiger partial charge in [-0.25, -0.2) is 0 Å². The molecule has 4 heteroatoms. The van der Waals surface area contributed by atoms with Crippen molar-refractivity contribution in [2.75, 3.05) is 39.5 Å². The van der Waals surface area contributed by atoms with Gasteiger partial charge in [0.15, 0.2) is 0 Å². The van der Waals surface area contributed by atoms with Gasteiger partial charge in [0.25, 0.3) is 0 Å². The topological polar surface area (TPSA) is 44.7 Å². The summed E-state index contributed by atoms with van der Waals surface area (Å²) in [6.07, 6.45) is 5.82. The molecule has 2 unspecified atom stereocenters. The second kappa shape index (κ2) is 6.85. The van der Waals surface area contributed by atoms with Crippen LogP contribution in [0, 0.1) is 0 Å². The maximum absolute atomic E-state index is 9.74. The summed E-state index contributed by atoms with van der Waals surface area (Å²) in [6.45, 7) is 7.31. The van der Waals surface area contributed by atoms with E-state index >= 15 is 0 Å². The standard InChI is InChI=1S/C14H28N2O2/c1-2-15-14(12-17)6-3-5-13(11-14)16-7-4-9-18-10-8-16/h13,15,17H,2-12H2,1H3. The highest BCUT2D eigenvalue weighted by Crippen LogP contribution is 2.31. The lowest BCUT2D eigenvalue weighted by atomic mass is 9.78. The average molecular weight is 256 g/mol. The van der Waals surface area contributed by atoms with Gasteiger partial charge in [-0.05, 0) is 38.6 Å². The van der Waals surface area contributed by atoms with Gasteiger partial charge in [0, 0.05) is 31.3 Å². The van der Waals surface area contributed by atoms with Gasteiger partial charge < -0.3 is 15.2 Å². The second-order valence-corrected chi connectivity index (χ2v) is 5.72. The van der Waals surface area contributed by atoms with Crippen molar-refractivity contribution in [1.29, 1.82) is 0 Å². The number of aliphatic hydroxyl groups excluding tert-OH is 1. The number of aliphatic hydroxyl groups is 1. The Bertz CT molecular complexity index is 238. The predicted octanol–water partition coefficient (Wildman–Crippen LogP) is 0.992. The lowest BCUT2D eigenvalue weighted by Crippen LogP contribution is -2.56. The third-order valence-electron chi connectivity index (χ3n) is 4.45. The number of hydrogen-bond donors (Lipinski definition) is 2. The van der Waals surface area contributed by atoms with Crippen molar-refractivity contribution in [1.82, 2.24) is 10.2 Å². The summed E-state index contributed by atoms with van der Waals surface area (Å²) >= 11 is 0. The molecule has 0 aromatic heterocycles. The summed E-state index contributed by atoms with van der Waals surface area (Å²) in [5.41, 5.74) is -0.0369. The highest BCUT2D eigenvalue weighted by Gasteiger charge is 2.37. The molecule has 1 aliphatic heterocycles. The fourth-order valence-electron chi connectivity index (χ4n) is 3.51. The summed E-state index contributed by atoms with van der Waals surface area (Å²) in [6, 6.07) is 0.617. The van der Waals surface area contributed by atoms with E-state index in [1.807, 2.05) is 0 Å². The van der Waals surface area contributed by atoms with Gasteiger partial charge in [0.05, 0.1) is 13.2 Å². The van der Waals surface area contributed by atoms with Crippen molar-refractivity contribution in [2.45, 2.75) is 50.6 Å². The number of hydrogen-bond acceptors (Lipinski definition) is 4. The van der Waals surface area contributed by atoms with Crippen molar-refractivity contribution in [3.8, 4) is 0 Å². The Balaban J connectivity index is 1.95. The SMILES string of the molecule is CCNC1(CO)CCCC(N2CCCOCC2)C1. The molecule has 106 valence electrons. The van der Waals surface area contributed by atoms with Gasteiger partial charge in [0.2, 0.25) is 0 Å². The molecule has 1 saturated heterocycles. The first-order chi connectivity index (χ1) is 8.79. The lowest BCUT2D eigenvalue weighted by molar-refractivity contribution is 0.0574. The Hall–Kier alpha value is -0.160. The third kappa shape index (κ3) is 3.44. The van der Waals surface area contributed by atoms with Crippen LogP contribution in [0.5, 0.6) is 0 Å². The van der Waals surface area contributed by atoms with Crippen LogP contribution in [-0.4, -0.2) is 61.0 Å². The van der Waals surface area contributed by atoms with Crippen LogP contribution in [0.15, 0.2) is 0 Å². The van der Waals surface area contributed by atoms with Crippen LogP contribution >= 0.6 is 0 Å². The Kier molecular flexibility index (Phi) is 5.42. The molecule has 1 aliphatic carbocycles. The maximum Gasteiger partial charge on any atom is 0.0613 e. The van der Waals surface area contributed by atoms with E-state index in [-0.39, 0.29) is 12.1 Å². The zero-order valence-electron chi connectivity index (χ0n) is 11.7. The van der Waals surface area contributed by atoms with Crippen molar-refractivity contribution < 1.29 is 9.84 Å². The molecule has 4 nitrogen and oxygen atoms in total. The van der Waals surface area contributed by atoms with Crippen LogP contribution in [0.4, 0.5) is 0 Å². The summed E-state index contributed by atoms with van der Waals surface area (Å²) in [4.78, 5) is 2.58. The number of rotatable bonds is 4. The predicted molar refractivity (Wildman–Crippen MR) is 72.8 cm³/mol. The molecule has 2 aliphatic rings. The number of likely N-dealkylation sites (N-methyl/N-ethyl adjacent to an activating group) is 1. The average Bonchev–Trinajstić information content (AvgIpc) is 2.68. The van der Waals surface area contributed by atoms with E-state index < -0.39 is 0 Å². The van der Waals surface area contributed by atoms with Crippen LogP contribution < -0.4 is 5.32 Å². The second-order valence-electron chi connectivity index (χ2n) is 5.72. The van der Waals surface area contributed by atoms with E-state index in [2.05, 4.69) is 17.1 Å². The molecule has 0 aromatic carbocycles. The molecule has 2 atom stereocenters. The highest BCUT2D eigenvalue weighted by molar-refractivity contribution is 4.96.